The summed E-state index contributed by atoms with van der Waals surface area (Å²) in [5, 5.41) is 0. The van der Waals surface area contributed by atoms with Gasteiger partial charge in [0.2, 0.25) is 20.0 Å². The highest BCUT2D eigenvalue weighted by atomic mass is 32.2. The Morgan fingerprint density at radius 1 is 1.14 bits per heavy atom. The maximum Gasteiger partial charge on any atom is 0.244 e. The molecule has 0 radical (unpaired) electrons. The predicted octanol–water partition coefficient (Wildman–Crippen LogP) is 3.05. The lowest BCUT2D eigenvalue weighted by Gasteiger charge is -2.29. The number of hydrogen-bond donors (Lipinski definition) is 1. The van der Waals surface area contributed by atoms with E-state index in [1.54, 1.807) is 19.9 Å². The Hall–Kier alpha value is -2.10. The number of sulfonamides is 2. The van der Waals surface area contributed by atoms with E-state index >= 15 is 0 Å². The van der Waals surface area contributed by atoms with Crippen LogP contribution >= 0.6 is 0 Å². The second kappa shape index (κ2) is 8.73. The average Bonchev–Trinajstić information content (AvgIpc) is 2.68. The lowest BCUT2D eigenvalue weighted by Crippen LogP contribution is -2.38. The van der Waals surface area contributed by atoms with Gasteiger partial charge in [-0.3, -0.25) is 4.31 Å². The molecule has 1 heterocycles. The van der Waals surface area contributed by atoms with E-state index < -0.39 is 26.1 Å². The molecule has 0 spiro atoms. The highest BCUT2D eigenvalue weighted by Gasteiger charge is 2.29. The fourth-order valence-electron chi connectivity index (χ4n) is 3.32. The zero-order valence-electron chi connectivity index (χ0n) is 16.5. The summed E-state index contributed by atoms with van der Waals surface area (Å²) in [7, 11) is -7.41. The number of nitrogens with zero attached hydrogens (tertiary/aromatic N) is 1. The summed E-state index contributed by atoms with van der Waals surface area (Å²) in [6, 6.07) is 13.3. The summed E-state index contributed by atoms with van der Waals surface area (Å²) < 4.78 is 60.7. The third-order valence-electron chi connectivity index (χ3n) is 4.79. The van der Waals surface area contributed by atoms with E-state index in [-0.39, 0.29) is 23.0 Å². The molecule has 1 saturated heterocycles. The van der Waals surface area contributed by atoms with Crippen molar-refractivity contribution < 1.29 is 21.6 Å². The predicted molar refractivity (Wildman–Crippen MR) is 113 cm³/mol. The molecule has 158 valence electrons. The van der Waals surface area contributed by atoms with Gasteiger partial charge in [0.05, 0.1) is 18.0 Å². The molecule has 0 amide bonds. The van der Waals surface area contributed by atoms with Crippen molar-refractivity contribution in [2.75, 3.05) is 23.2 Å². The van der Waals surface area contributed by atoms with Crippen LogP contribution in [0.5, 0.6) is 5.75 Å². The normalized spacial score (nSPS) is 17.7. The lowest BCUT2D eigenvalue weighted by atomic mass is 10.1. The monoisotopic (exact) mass is 438 g/mol. The number of anilines is 1. The van der Waals surface area contributed by atoms with E-state index in [0.717, 1.165) is 12.0 Å². The maximum atomic E-state index is 13.1. The van der Waals surface area contributed by atoms with Crippen molar-refractivity contribution in [2.24, 2.45) is 0 Å². The molecule has 1 unspecified atom stereocenters. The van der Waals surface area contributed by atoms with Crippen LogP contribution in [0.1, 0.15) is 38.3 Å². The van der Waals surface area contributed by atoms with E-state index in [0.29, 0.717) is 18.7 Å². The van der Waals surface area contributed by atoms with E-state index in [1.165, 1.54) is 16.4 Å². The van der Waals surface area contributed by atoms with Crippen LogP contribution < -0.4 is 13.8 Å². The first kappa shape index (κ1) is 21.6. The summed E-state index contributed by atoms with van der Waals surface area (Å²) in [4.78, 5) is -0.0691. The van der Waals surface area contributed by atoms with Gasteiger partial charge in [-0.2, -0.15) is 0 Å². The topological polar surface area (TPSA) is 92.8 Å². The van der Waals surface area contributed by atoms with Crippen molar-refractivity contribution in [3.05, 3.63) is 54.1 Å². The van der Waals surface area contributed by atoms with Crippen LogP contribution in [0.25, 0.3) is 0 Å². The van der Waals surface area contributed by atoms with Crippen LogP contribution in [0.15, 0.2) is 53.4 Å². The quantitative estimate of drug-likeness (QED) is 0.717. The largest absolute Gasteiger partial charge is 0.492 e. The molecular weight excluding hydrogens is 412 g/mol. The molecule has 7 nitrogen and oxygen atoms in total. The van der Waals surface area contributed by atoms with Gasteiger partial charge in [-0.25, -0.2) is 21.6 Å². The SMILES string of the molecule is CCOc1ccc(N2CCCCS2(=O)=O)cc1S(=O)(=O)NC(C)c1ccccc1. The minimum atomic E-state index is -3.96. The molecule has 0 bridgehead atoms. The Morgan fingerprint density at radius 2 is 1.86 bits per heavy atom. The summed E-state index contributed by atoms with van der Waals surface area (Å²) in [6.45, 7) is 4.15. The maximum absolute atomic E-state index is 13.1. The van der Waals surface area contributed by atoms with Crippen molar-refractivity contribution >= 4 is 25.7 Å². The van der Waals surface area contributed by atoms with Crippen LogP contribution in [0, 0.1) is 0 Å². The fourth-order valence-corrected chi connectivity index (χ4v) is 6.35. The van der Waals surface area contributed by atoms with Crippen LogP contribution in [0.3, 0.4) is 0 Å². The van der Waals surface area contributed by atoms with Gasteiger partial charge in [0, 0.05) is 12.6 Å². The first-order chi connectivity index (χ1) is 13.7. The minimum absolute atomic E-state index is 0.0611. The number of nitrogens with one attached hydrogen (secondary N) is 1. The second-order valence-electron chi connectivity index (χ2n) is 6.91. The smallest absolute Gasteiger partial charge is 0.244 e. The number of rotatable bonds is 7. The molecule has 9 heteroatoms. The molecule has 0 saturated carbocycles. The van der Waals surface area contributed by atoms with Crippen molar-refractivity contribution in [3.63, 3.8) is 0 Å². The molecular formula is C20H26N2O5S2. The third kappa shape index (κ3) is 4.91. The Labute approximate surface area is 172 Å². The number of hydrogen-bond acceptors (Lipinski definition) is 5. The molecule has 0 aliphatic carbocycles. The number of benzene rings is 2. The molecule has 29 heavy (non-hydrogen) atoms. The molecule has 3 rings (SSSR count). The Balaban J connectivity index is 1.99. The molecule has 1 aliphatic heterocycles. The van der Waals surface area contributed by atoms with Crippen molar-refractivity contribution in [1.82, 2.24) is 4.72 Å². The Morgan fingerprint density at radius 3 is 2.52 bits per heavy atom. The van der Waals surface area contributed by atoms with Gasteiger partial charge in [0.1, 0.15) is 10.6 Å². The van der Waals surface area contributed by atoms with E-state index in [9.17, 15) is 16.8 Å². The van der Waals surface area contributed by atoms with Crippen LogP contribution in [0.4, 0.5) is 5.69 Å². The second-order valence-corrected chi connectivity index (χ2v) is 10.6. The summed E-state index contributed by atoms with van der Waals surface area (Å²) >= 11 is 0. The standard InChI is InChI=1S/C20H26N2O5S2/c1-3-27-19-12-11-18(22-13-7-8-14-28(22,23)24)15-20(19)29(25,26)21-16(2)17-9-5-4-6-10-17/h4-6,9-12,15-16,21H,3,7-8,13-14H2,1-2H3. The van der Waals surface area contributed by atoms with Crippen LogP contribution in [0.2, 0.25) is 0 Å². The van der Waals surface area contributed by atoms with Gasteiger partial charge in [0.25, 0.3) is 0 Å². The zero-order chi connectivity index (χ0) is 21.1. The molecule has 2 aromatic carbocycles. The van der Waals surface area contributed by atoms with Crippen molar-refractivity contribution in [3.8, 4) is 5.75 Å². The van der Waals surface area contributed by atoms with Crippen molar-refractivity contribution in [1.29, 1.82) is 0 Å². The van der Waals surface area contributed by atoms with E-state index in [2.05, 4.69) is 4.72 Å². The van der Waals surface area contributed by atoms with E-state index in [4.69, 9.17) is 4.74 Å². The van der Waals surface area contributed by atoms with Crippen LogP contribution in [-0.4, -0.2) is 35.7 Å². The van der Waals surface area contributed by atoms with Crippen molar-refractivity contribution in [2.45, 2.75) is 37.6 Å². The molecule has 1 N–H and O–H groups in total. The van der Waals surface area contributed by atoms with Gasteiger partial charge in [0.15, 0.2) is 0 Å². The molecule has 0 aromatic heterocycles. The molecule has 1 atom stereocenters. The minimum Gasteiger partial charge on any atom is -0.492 e. The first-order valence-corrected chi connectivity index (χ1v) is 12.7. The Bertz CT molecular complexity index is 1050. The lowest BCUT2D eigenvalue weighted by molar-refractivity contribution is 0.331. The van der Waals surface area contributed by atoms with Gasteiger partial charge < -0.3 is 4.74 Å². The van der Waals surface area contributed by atoms with Gasteiger partial charge >= 0.3 is 0 Å². The molecule has 1 fully saturated rings. The highest BCUT2D eigenvalue weighted by molar-refractivity contribution is 7.92. The third-order valence-corrected chi connectivity index (χ3v) is 8.22. The first-order valence-electron chi connectivity index (χ1n) is 9.59. The van der Waals surface area contributed by atoms with Gasteiger partial charge in [-0.1, -0.05) is 30.3 Å². The summed E-state index contributed by atoms with van der Waals surface area (Å²) in [5.74, 6) is 0.254. The van der Waals surface area contributed by atoms with Gasteiger partial charge in [-0.05, 0) is 50.5 Å². The molecule has 1 aliphatic rings. The van der Waals surface area contributed by atoms with Gasteiger partial charge in [-0.15, -0.1) is 0 Å². The van der Waals surface area contributed by atoms with E-state index in [1.807, 2.05) is 30.3 Å². The Kier molecular flexibility index (Phi) is 6.50. The zero-order valence-corrected chi connectivity index (χ0v) is 18.2. The summed E-state index contributed by atoms with van der Waals surface area (Å²) in [6.07, 6.45) is 1.34. The molecule has 2 aromatic rings. The highest BCUT2D eigenvalue weighted by Crippen LogP contribution is 2.32. The van der Waals surface area contributed by atoms with Crippen LogP contribution in [-0.2, 0) is 20.0 Å². The summed E-state index contributed by atoms with van der Waals surface area (Å²) in [5.41, 5.74) is 1.16. The number of ether oxygens (including phenoxy) is 1. The average molecular weight is 439 g/mol. The fraction of sp³-hybridized carbons (Fsp3) is 0.400.